The van der Waals surface area contributed by atoms with Crippen molar-refractivity contribution in [1.82, 2.24) is 4.90 Å². The second-order valence-electron chi connectivity index (χ2n) is 6.95. The molecule has 0 unspecified atom stereocenters. The van der Waals surface area contributed by atoms with E-state index in [1.165, 1.54) is 5.56 Å². The molecular weight excluding hydrogens is 324 g/mol. The number of hydrogen-bond acceptors (Lipinski definition) is 3. The molecule has 26 heavy (non-hydrogen) atoms. The molecule has 2 aromatic carbocycles. The number of aryl methyl sites for hydroxylation is 1. The zero-order valence-corrected chi connectivity index (χ0v) is 16.5. The summed E-state index contributed by atoms with van der Waals surface area (Å²) >= 11 is 0. The van der Waals surface area contributed by atoms with Gasteiger partial charge in [-0.2, -0.15) is 0 Å². The fourth-order valence-electron chi connectivity index (χ4n) is 2.36. The Morgan fingerprint density at radius 3 is 2.35 bits per heavy atom. The third kappa shape index (κ3) is 4.94. The SMILES string of the molecule is Cc1ccc(COC(=O)c2ccc(N=CN(C)C(C)C)c(C)c2C)cc1. The summed E-state index contributed by atoms with van der Waals surface area (Å²) in [6.07, 6.45) is 1.82. The van der Waals surface area contributed by atoms with Crippen LogP contribution in [0.3, 0.4) is 0 Å². The van der Waals surface area contributed by atoms with Crippen molar-refractivity contribution in [3.63, 3.8) is 0 Å². The van der Waals surface area contributed by atoms with Gasteiger partial charge in [-0.3, -0.25) is 0 Å². The van der Waals surface area contributed by atoms with E-state index in [0.29, 0.717) is 11.6 Å². The Balaban J connectivity index is 2.11. The average molecular weight is 352 g/mol. The van der Waals surface area contributed by atoms with Gasteiger partial charge in [-0.15, -0.1) is 0 Å². The highest BCUT2D eigenvalue weighted by Gasteiger charge is 2.14. The van der Waals surface area contributed by atoms with Crippen LogP contribution in [0.25, 0.3) is 0 Å². The van der Waals surface area contributed by atoms with Crippen LogP contribution < -0.4 is 0 Å². The van der Waals surface area contributed by atoms with Crippen LogP contribution in [-0.4, -0.2) is 30.3 Å². The number of esters is 1. The van der Waals surface area contributed by atoms with Gasteiger partial charge in [-0.05, 0) is 63.4 Å². The molecule has 0 aliphatic heterocycles. The molecule has 0 aliphatic carbocycles. The van der Waals surface area contributed by atoms with Crippen LogP contribution >= 0.6 is 0 Å². The largest absolute Gasteiger partial charge is 0.457 e. The molecule has 138 valence electrons. The number of benzene rings is 2. The molecule has 0 saturated carbocycles. The van der Waals surface area contributed by atoms with Crippen molar-refractivity contribution in [2.45, 2.75) is 47.3 Å². The molecular formula is C22H28N2O2. The molecule has 0 heterocycles. The number of aliphatic imine (C=N–C) groups is 1. The van der Waals surface area contributed by atoms with E-state index < -0.39 is 0 Å². The maximum atomic E-state index is 12.5. The van der Waals surface area contributed by atoms with Crippen molar-refractivity contribution in [3.05, 3.63) is 64.2 Å². The van der Waals surface area contributed by atoms with Gasteiger partial charge in [-0.1, -0.05) is 29.8 Å². The molecule has 0 fully saturated rings. The van der Waals surface area contributed by atoms with Crippen LogP contribution in [0.2, 0.25) is 0 Å². The summed E-state index contributed by atoms with van der Waals surface area (Å²) in [6, 6.07) is 12.0. The predicted molar refractivity (Wildman–Crippen MR) is 107 cm³/mol. The highest BCUT2D eigenvalue weighted by molar-refractivity contribution is 5.92. The summed E-state index contributed by atoms with van der Waals surface area (Å²) in [4.78, 5) is 19.0. The molecule has 0 saturated heterocycles. The van der Waals surface area contributed by atoms with Gasteiger partial charge in [0.15, 0.2) is 0 Å². The second-order valence-corrected chi connectivity index (χ2v) is 6.95. The minimum Gasteiger partial charge on any atom is -0.457 e. The van der Waals surface area contributed by atoms with Gasteiger partial charge in [0.25, 0.3) is 0 Å². The normalized spacial score (nSPS) is 11.2. The first-order valence-electron chi connectivity index (χ1n) is 8.88. The maximum Gasteiger partial charge on any atom is 0.338 e. The lowest BCUT2D eigenvalue weighted by Crippen LogP contribution is -2.24. The molecule has 0 spiro atoms. The molecule has 0 amide bonds. The first-order valence-corrected chi connectivity index (χ1v) is 8.88. The number of carbonyl (C=O) groups is 1. The Hall–Kier alpha value is -2.62. The molecule has 0 N–H and O–H groups in total. The lowest BCUT2D eigenvalue weighted by atomic mass is 10.0. The number of hydrogen-bond donors (Lipinski definition) is 0. The molecule has 2 rings (SSSR count). The van der Waals surface area contributed by atoms with Crippen molar-refractivity contribution >= 4 is 18.0 Å². The van der Waals surface area contributed by atoms with Gasteiger partial charge < -0.3 is 9.64 Å². The summed E-state index contributed by atoms with van der Waals surface area (Å²) in [5, 5.41) is 0. The molecule has 0 bridgehead atoms. The Morgan fingerprint density at radius 1 is 1.08 bits per heavy atom. The quantitative estimate of drug-likeness (QED) is 0.419. The summed E-state index contributed by atoms with van der Waals surface area (Å²) in [7, 11) is 1.99. The summed E-state index contributed by atoms with van der Waals surface area (Å²) in [6.45, 7) is 10.4. The standard InChI is InChI=1S/C22H28N2O2/c1-15(2)24(6)14-23-21-12-11-20(17(4)18(21)5)22(25)26-13-19-9-7-16(3)8-10-19/h7-12,14-15H,13H2,1-6H3. The van der Waals surface area contributed by atoms with Crippen LogP contribution in [-0.2, 0) is 11.3 Å². The summed E-state index contributed by atoms with van der Waals surface area (Å²) in [5.74, 6) is -0.305. The monoisotopic (exact) mass is 352 g/mol. The number of nitrogens with zero attached hydrogens (tertiary/aromatic N) is 2. The molecule has 0 aliphatic rings. The van der Waals surface area contributed by atoms with E-state index in [0.717, 1.165) is 22.4 Å². The topological polar surface area (TPSA) is 41.9 Å². The van der Waals surface area contributed by atoms with Gasteiger partial charge >= 0.3 is 5.97 Å². The molecule has 4 nitrogen and oxygen atoms in total. The molecule has 2 aromatic rings. The Kier molecular flexibility index (Phi) is 6.56. The fourth-order valence-corrected chi connectivity index (χ4v) is 2.36. The Bertz CT molecular complexity index is 793. The van der Waals surface area contributed by atoms with Crippen LogP contribution in [0.15, 0.2) is 41.4 Å². The molecule has 0 radical (unpaired) electrons. The zero-order chi connectivity index (χ0) is 19.3. The van der Waals surface area contributed by atoms with Crippen LogP contribution in [0.4, 0.5) is 5.69 Å². The lowest BCUT2D eigenvalue weighted by molar-refractivity contribution is 0.0472. The highest BCUT2D eigenvalue weighted by Crippen LogP contribution is 2.25. The van der Waals surface area contributed by atoms with E-state index in [-0.39, 0.29) is 12.6 Å². The van der Waals surface area contributed by atoms with Gasteiger partial charge in [0.05, 0.1) is 17.6 Å². The summed E-state index contributed by atoms with van der Waals surface area (Å²) < 4.78 is 5.47. The van der Waals surface area contributed by atoms with Gasteiger partial charge in [0, 0.05) is 13.1 Å². The summed E-state index contributed by atoms with van der Waals surface area (Å²) in [5.41, 5.74) is 5.52. The number of carbonyl (C=O) groups excluding carboxylic acids is 1. The average Bonchev–Trinajstić information content (AvgIpc) is 2.61. The van der Waals surface area contributed by atoms with Gasteiger partial charge in [-0.25, -0.2) is 9.79 Å². The van der Waals surface area contributed by atoms with E-state index in [2.05, 4.69) is 18.8 Å². The van der Waals surface area contributed by atoms with Crippen molar-refractivity contribution in [2.75, 3.05) is 7.05 Å². The maximum absolute atomic E-state index is 12.5. The molecule has 4 heteroatoms. The van der Waals surface area contributed by atoms with E-state index in [1.54, 1.807) is 6.07 Å². The van der Waals surface area contributed by atoms with Crippen molar-refractivity contribution in [1.29, 1.82) is 0 Å². The number of ether oxygens (including phenoxy) is 1. The van der Waals surface area contributed by atoms with E-state index >= 15 is 0 Å². The Labute approximate surface area is 156 Å². The minimum atomic E-state index is -0.305. The van der Waals surface area contributed by atoms with Crippen LogP contribution in [0, 0.1) is 20.8 Å². The lowest BCUT2D eigenvalue weighted by Gasteiger charge is -2.17. The highest BCUT2D eigenvalue weighted by atomic mass is 16.5. The zero-order valence-electron chi connectivity index (χ0n) is 16.5. The van der Waals surface area contributed by atoms with E-state index in [1.807, 2.05) is 69.4 Å². The second kappa shape index (κ2) is 8.65. The smallest absolute Gasteiger partial charge is 0.338 e. The molecule has 0 aromatic heterocycles. The van der Waals surface area contributed by atoms with Gasteiger partial charge in [0.2, 0.25) is 0 Å². The van der Waals surface area contributed by atoms with Crippen molar-refractivity contribution in [3.8, 4) is 0 Å². The Morgan fingerprint density at radius 2 is 1.73 bits per heavy atom. The van der Waals surface area contributed by atoms with E-state index in [4.69, 9.17) is 4.74 Å². The molecule has 0 atom stereocenters. The first kappa shape index (κ1) is 19.7. The van der Waals surface area contributed by atoms with Crippen molar-refractivity contribution < 1.29 is 9.53 Å². The van der Waals surface area contributed by atoms with Crippen LogP contribution in [0.1, 0.15) is 46.5 Å². The third-order valence-electron chi connectivity index (χ3n) is 4.66. The third-order valence-corrected chi connectivity index (χ3v) is 4.66. The first-order chi connectivity index (χ1) is 12.3. The fraction of sp³-hybridized carbons (Fsp3) is 0.364. The number of rotatable bonds is 6. The van der Waals surface area contributed by atoms with Gasteiger partial charge in [0.1, 0.15) is 6.61 Å². The predicted octanol–water partition coefficient (Wildman–Crippen LogP) is 4.97. The van der Waals surface area contributed by atoms with E-state index in [9.17, 15) is 4.79 Å². The minimum absolute atomic E-state index is 0.274. The van der Waals surface area contributed by atoms with Crippen LogP contribution in [0.5, 0.6) is 0 Å². The van der Waals surface area contributed by atoms with Crippen molar-refractivity contribution in [2.24, 2.45) is 4.99 Å².